The first kappa shape index (κ1) is 13.5. The molecule has 1 aromatic rings. The van der Waals surface area contributed by atoms with Gasteiger partial charge < -0.3 is 0 Å². The highest BCUT2D eigenvalue weighted by atomic mass is 32.2. The molecule has 0 bridgehead atoms. The van der Waals surface area contributed by atoms with Crippen LogP contribution in [0.4, 0.5) is 0 Å². The summed E-state index contributed by atoms with van der Waals surface area (Å²) in [6.45, 7) is 0.0542. The van der Waals surface area contributed by atoms with Crippen LogP contribution in [0.15, 0.2) is 39.4 Å². The van der Waals surface area contributed by atoms with Crippen molar-refractivity contribution in [2.24, 2.45) is 10.2 Å². The first-order chi connectivity index (χ1) is 8.89. The molecule has 0 saturated carbocycles. The first-order valence-corrected chi connectivity index (χ1v) is 6.81. The zero-order valence-corrected chi connectivity index (χ0v) is 11.0. The third kappa shape index (κ3) is 2.92. The van der Waals surface area contributed by atoms with Crippen molar-refractivity contribution in [2.45, 2.75) is 4.90 Å². The molecule has 0 saturated heterocycles. The Morgan fingerprint density at radius 3 is 2.68 bits per heavy atom. The van der Waals surface area contributed by atoms with E-state index in [2.05, 4.69) is 15.7 Å². The molecule has 0 fully saturated rings. The summed E-state index contributed by atoms with van der Waals surface area (Å²) < 4.78 is 31.4. The third-order valence-corrected chi connectivity index (χ3v) is 3.45. The summed E-state index contributed by atoms with van der Waals surface area (Å²) >= 11 is 4.80. The Kier molecular flexibility index (Phi) is 3.55. The van der Waals surface area contributed by atoms with Gasteiger partial charge in [0.2, 0.25) is 5.11 Å². The summed E-state index contributed by atoms with van der Waals surface area (Å²) in [5.74, 6) is -0.733. The van der Waals surface area contributed by atoms with Crippen molar-refractivity contribution in [1.29, 1.82) is 0 Å². The van der Waals surface area contributed by atoms with Crippen molar-refractivity contribution in [3.05, 3.63) is 29.8 Å². The van der Waals surface area contributed by atoms with E-state index >= 15 is 0 Å². The maximum Gasteiger partial charge on any atom is 0.295 e. The second-order valence-electron chi connectivity index (χ2n) is 3.51. The summed E-state index contributed by atoms with van der Waals surface area (Å²) in [7, 11) is -4.48. The summed E-state index contributed by atoms with van der Waals surface area (Å²) in [4.78, 5) is 11.5. The Morgan fingerprint density at radius 1 is 1.42 bits per heavy atom. The van der Waals surface area contributed by atoms with E-state index in [0.29, 0.717) is 0 Å². The van der Waals surface area contributed by atoms with Crippen LogP contribution in [0.1, 0.15) is 10.4 Å². The second-order valence-corrected chi connectivity index (χ2v) is 5.26. The molecule has 0 spiro atoms. The monoisotopic (exact) mass is 300 g/mol. The number of amides is 1. The molecule has 0 radical (unpaired) electrons. The van der Waals surface area contributed by atoms with Crippen molar-refractivity contribution in [3.8, 4) is 0 Å². The molecule has 1 aromatic carbocycles. The normalized spacial score (nSPS) is 14.8. The van der Waals surface area contributed by atoms with Gasteiger partial charge in [0, 0.05) is 0 Å². The molecule has 1 heterocycles. The zero-order chi connectivity index (χ0) is 14.0. The molecule has 8 nitrogen and oxygen atoms in total. The van der Waals surface area contributed by atoms with E-state index in [-0.39, 0.29) is 17.3 Å². The van der Waals surface area contributed by atoms with Crippen molar-refractivity contribution in [1.82, 2.24) is 10.4 Å². The van der Waals surface area contributed by atoms with E-state index in [4.69, 9.17) is 16.8 Å². The largest absolute Gasteiger partial charge is 0.295 e. The molecule has 1 aliphatic rings. The van der Waals surface area contributed by atoms with Gasteiger partial charge in [0.05, 0.1) is 5.56 Å². The Bertz CT molecular complexity index is 671. The predicted molar refractivity (Wildman–Crippen MR) is 67.9 cm³/mol. The lowest BCUT2D eigenvalue weighted by molar-refractivity contribution is 0.0874. The van der Waals surface area contributed by atoms with Gasteiger partial charge >= 0.3 is 0 Å². The standard InChI is InChI=1S/C9H8N4O4S2/c14-8(12-13-5-10-11-9(13)18)6-3-1-2-4-7(6)19(15,16)17/h1-4H,5H2,(H,12,14)(H,15,16,17). The molecule has 0 unspecified atom stereocenters. The Morgan fingerprint density at radius 2 is 2.11 bits per heavy atom. The molecule has 19 heavy (non-hydrogen) atoms. The van der Waals surface area contributed by atoms with Crippen LogP contribution in [0.25, 0.3) is 0 Å². The van der Waals surface area contributed by atoms with Crippen molar-refractivity contribution >= 4 is 33.4 Å². The Balaban J connectivity index is 2.27. The summed E-state index contributed by atoms with van der Waals surface area (Å²) in [5, 5.41) is 8.37. The number of hydrogen-bond acceptors (Lipinski definition) is 5. The summed E-state index contributed by atoms with van der Waals surface area (Å²) in [6.07, 6.45) is 0. The quantitative estimate of drug-likeness (QED) is 0.624. The van der Waals surface area contributed by atoms with Gasteiger partial charge in [0.25, 0.3) is 16.0 Å². The van der Waals surface area contributed by atoms with Crippen molar-refractivity contribution in [3.63, 3.8) is 0 Å². The minimum absolute atomic E-state index is 0.0542. The number of hydrazine groups is 1. The van der Waals surface area contributed by atoms with Crippen molar-refractivity contribution in [2.75, 3.05) is 6.67 Å². The number of thiocarbonyl (C=S) groups is 1. The molecule has 10 heteroatoms. The van der Waals surface area contributed by atoms with Crippen LogP contribution in [-0.4, -0.2) is 35.7 Å². The second kappa shape index (κ2) is 4.99. The highest BCUT2D eigenvalue weighted by Crippen LogP contribution is 2.15. The lowest BCUT2D eigenvalue weighted by Gasteiger charge is -2.16. The molecular formula is C9H8N4O4S2. The van der Waals surface area contributed by atoms with Crippen LogP contribution in [0.2, 0.25) is 0 Å². The molecule has 2 rings (SSSR count). The average Bonchev–Trinajstić information content (AvgIpc) is 2.74. The van der Waals surface area contributed by atoms with Gasteiger partial charge in [-0.25, -0.2) is 5.01 Å². The van der Waals surface area contributed by atoms with Crippen LogP contribution >= 0.6 is 12.2 Å². The minimum Gasteiger partial charge on any atom is -0.282 e. The minimum atomic E-state index is -4.48. The lowest BCUT2D eigenvalue weighted by atomic mass is 10.2. The van der Waals surface area contributed by atoms with Crippen LogP contribution in [-0.2, 0) is 10.1 Å². The van der Waals surface area contributed by atoms with Crippen LogP contribution < -0.4 is 5.43 Å². The summed E-state index contributed by atoms with van der Waals surface area (Å²) in [5.41, 5.74) is 2.15. The van der Waals surface area contributed by atoms with Gasteiger partial charge in [-0.15, -0.1) is 5.11 Å². The number of rotatable bonds is 3. The molecule has 1 aliphatic heterocycles. The molecule has 0 aliphatic carbocycles. The maximum absolute atomic E-state index is 11.9. The van der Waals surface area contributed by atoms with E-state index in [0.717, 1.165) is 6.07 Å². The van der Waals surface area contributed by atoms with Gasteiger partial charge in [-0.1, -0.05) is 12.1 Å². The van der Waals surface area contributed by atoms with E-state index in [1.807, 2.05) is 0 Å². The fourth-order valence-electron chi connectivity index (χ4n) is 1.41. The van der Waals surface area contributed by atoms with Crippen LogP contribution in [0.5, 0.6) is 0 Å². The zero-order valence-electron chi connectivity index (χ0n) is 9.35. The fourth-order valence-corrected chi connectivity index (χ4v) is 2.27. The molecule has 2 N–H and O–H groups in total. The molecule has 100 valence electrons. The van der Waals surface area contributed by atoms with Gasteiger partial charge in [0.1, 0.15) is 4.90 Å². The van der Waals surface area contributed by atoms with Gasteiger partial charge in [-0.2, -0.15) is 13.5 Å². The van der Waals surface area contributed by atoms with Gasteiger partial charge in [0.15, 0.2) is 6.67 Å². The highest BCUT2D eigenvalue weighted by molar-refractivity contribution is 7.86. The van der Waals surface area contributed by atoms with Crippen LogP contribution in [0.3, 0.4) is 0 Å². The topological polar surface area (TPSA) is 111 Å². The van der Waals surface area contributed by atoms with Gasteiger partial charge in [-0.3, -0.25) is 14.8 Å². The van der Waals surface area contributed by atoms with E-state index < -0.39 is 20.9 Å². The van der Waals surface area contributed by atoms with E-state index in [1.54, 1.807) is 0 Å². The van der Waals surface area contributed by atoms with Crippen molar-refractivity contribution < 1.29 is 17.8 Å². The number of carbonyl (C=O) groups excluding carboxylic acids is 1. The Labute approximate surface area is 113 Å². The first-order valence-electron chi connectivity index (χ1n) is 4.96. The third-order valence-electron chi connectivity index (χ3n) is 2.24. The molecule has 0 aromatic heterocycles. The lowest BCUT2D eigenvalue weighted by Crippen LogP contribution is -2.42. The summed E-state index contributed by atoms with van der Waals surface area (Å²) in [6, 6.07) is 5.26. The fraction of sp³-hybridized carbons (Fsp3) is 0.111. The average molecular weight is 300 g/mol. The number of hydrogen-bond donors (Lipinski definition) is 2. The number of nitrogens with zero attached hydrogens (tertiary/aromatic N) is 3. The van der Waals surface area contributed by atoms with E-state index in [1.165, 1.54) is 23.2 Å². The number of benzene rings is 1. The smallest absolute Gasteiger partial charge is 0.282 e. The number of azo groups is 1. The molecule has 1 amide bonds. The predicted octanol–water partition coefficient (Wildman–Crippen LogP) is 0.588. The molecular weight excluding hydrogens is 292 g/mol. The Hall–Kier alpha value is -1.91. The van der Waals surface area contributed by atoms with Crippen LogP contribution in [0, 0.1) is 0 Å². The molecule has 0 atom stereocenters. The number of nitrogens with one attached hydrogen (secondary N) is 1. The van der Waals surface area contributed by atoms with E-state index in [9.17, 15) is 13.2 Å². The SMILES string of the molecule is O=C(NN1CN=NC1=S)c1ccccc1S(=O)(=O)O. The highest BCUT2D eigenvalue weighted by Gasteiger charge is 2.23. The maximum atomic E-state index is 11.9. The van der Waals surface area contributed by atoms with Gasteiger partial charge in [-0.05, 0) is 24.4 Å². The number of carbonyl (C=O) groups is 1.